The molecule has 25 heteroatoms. The van der Waals surface area contributed by atoms with E-state index < -0.39 is 64.5 Å². The zero-order valence-corrected chi connectivity index (χ0v) is 38.6. The highest BCUT2D eigenvalue weighted by Gasteiger charge is 2.36. The molecule has 0 bridgehead atoms. The van der Waals surface area contributed by atoms with Gasteiger partial charge in [-0.15, -0.1) is 6.42 Å². The molecule has 17 nitrogen and oxygen atoms in total. The molecular formula is C39H45F4N6O11PS3. The topological polar surface area (TPSA) is 247 Å². The number of fused-ring (bicyclic) bond motifs is 2. The van der Waals surface area contributed by atoms with Crippen molar-refractivity contribution in [3.8, 4) is 18.1 Å². The summed E-state index contributed by atoms with van der Waals surface area (Å²) in [5.74, 6) is 1.42. The minimum atomic E-state index is -4.71. The number of carbonyl (C=O) groups excluding carboxylic acids is 2. The minimum Gasteiger partial charge on any atom is -0.778 e. The number of carboxylic acids is 1. The first-order valence-corrected chi connectivity index (χ1v) is 25.6. The van der Waals surface area contributed by atoms with Gasteiger partial charge in [-0.1, -0.05) is 24.9 Å². The molecule has 0 spiro atoms. The third-order valence-corrected chi connectivity index (χ3v) is 11.3. The Morgan fingerprint density at radius 2 is 1.84 bits per heavy atom. The van der Waals surface area contributed by atoms with Crippen LogP contribution in [-0.4, -0.2) is 101 Å². The number of hydrogen-bond donors (Lipinski definition) is 3. The van der Waals surface area contributed by atoms with Crippen LogP contribution in [0.4, 0.5) is 28.9 Å². The SMILES string of the molecule is C#CCN1C(=O)COc2cc(F)c(/N=c3\snc4n3CC(C)(C)C4)cc21.CS(=O)(=O)c1cc(C(F)(F)F)ccc1C(=O)c1cnoc1C1CC1.C[S+](C)C.O=C(O)CNCP(=O)([O-])O. The molecule has 1 saturated carbocycles. The van der Waals surface area contributed by atoms with Crippen molar-refractivity contribution in [3.63, 3.8) is 0 Å². The Balaban J connectivity index is 0.000000218. The van der Waals surface area contributed by atoms with Gasteiger partial charge in [-0.2, -0.15) is 17.5 Å². The molecule has 3 N–H and O–H groups in total. The van der Waals surface area contributed by atoms with Gasteiger partial charge in [0.05, 0.1) is 66.0 Å². The van der Waals surface area contributed by atoms with Gasteiger partial charge in [0.2, 0.25) is 4.80 Å². The van der Waals surface area contributed by atoms with Gasteiger partial charge in [-0.05, 0) is 53.4 Å². The molecular weight excluding hydrogens is 932 g/mol. The first kappa shape index (κ1) is 51.7. The van der Waals surface area contributed by atoms with Crippen LogP contribution in [0.2, 0.25) is 0 Å². The van der Waals surface area contributed by atoms with Gasteiger partial charge in [0.1, 0.15) is 24.9 Å². The standard InChI is InChI=1S/C18H17FN4O2S.C15H12F3NO4S.C3H8NO5P.C3H9S/c1-4-5-22-13-7-12(11(19)6-14(13)25-9-16(22)24)20-17-23-10-18(2,3)8-15(23)21-26-17;1-24(21,22)12-6-9(15(16,17)18)4-5-10(12)13(20)11-7-19-23-14(11)8-2-3-8;5-3(6)1-4-2-10(7,8)9;1-4(2)3/h1,6-7H,5,8-10H2,2-3H3;4-8H,2-3H2,1H3;4H,1-2H2,(H,5,6)(H2,7,8,9);1-3H3/q;;;+1/p-1/b20-17-;;;. The number of ketones is 1. The molecule has 4 heterocycles. The number of aromatic nitrogens is 3. The van der Waals surface area contributed by atoms with Crippen LogP contribution >= 0.6 is 19.1 Å². The number of rotatable bonds is 10. The van der Waals surface area contributed by atoms with Crippen LogP contribution in [0, 0.1) is 23.6 Å². The van der Waals surface area contributed by atoms with E-state index >= 15 is 0 Å². The quantitative estimate of drug-likeness (QED) is 0.0666. The molecule has 2 aliphatic heterocycles. The summed E-state index contributed by atoms with van der Waals surface area (Å²) in [7, 11) is -7.75. The number of carbonyl (C=O) groups is 3. The lowest BCUT2D eigenvalue weighted by atomic mass is 9.92. The molecule has 1 atom stereocenters. The van der Waals surface area contributed by atoms with E-state index in [2.05, 4.69) is 53.1 Å². The molecule has 7 rings (SSSR count). The number of ether oxygens (including phenoxy) is 1. The summed E-state index contributed by atoms with van der Waals surface area (Å²) in [6, 6.07) is 4.80. The minimum absolute atomic E-state index is 0.0441. The largest absolute Gasteiger partial charge is 0.778 e. The lowest BCUT2D eigenvalue weighted by Gasteiger charge is -2.28. The number of nitrogens with zero attached hydrogens (tertiary/aromatic N) is 5. The molecule has 1 fully saturated rings. The summed E-state index contributed by atoms with van der Waals surface area (Å²) < 4.78 is 104. The van der Waals surface area contributed by atoms with Crippen LogP contribution in [0.3, 0.4) is 0 Å². The first-order chi connectivity index (χ1) is 29.6. The van der Waals surface area contributed by atoms with Crippen molar-refractivity contribution in [3.05, 3.63) is 75.4 Å². The van der Waals surface area contributed by atoms with Gasteiger partial charge >= 0.3 is 12.1 Å². The number of nitrogens with one attached hydrogen (secondary N) is 1. The van der Waals surface area contributed by atoms with Gasteiger partial charge in [-0.25, -0.2) is 17.8 Å². The fourth-order valence-electron chi connectivity index (χ4n) is 5.95. The molecule has 0 saturated heterocycles. The van der Waals surface area contributed by atoms with Gasteiger partial charge in [0.25, 0.3) is 5.91 Å². The highest BCUT2D eigenvalue weighted by molar-refractivity contribution is 7.94. The Labute approximate surface area is 372 Å². The van der Waals surface area contributed by atoms with Gasteiger partial charge < -0.3 is 33.3 Å². The number of sulfone groups is 1. The van der Waals surface area contributed by atoms with Crippen LogP contribution in [0.5, 0.6) is 5.75 Å². The van der Waals surface area contributed by atoms with E-state index in [4.69, 9.17) is 25.7 Å². The third kappa shape index (κ3) is 14.6. The van der Waals surface area contributed by atoms with E-state index in [0.717, 1.165) is 44.0 Å². The maximum Gasteiger partial charge on any atom is 0.416 e. The Kier molecular flexibility index (Phi) is 16.9. The van der Waals surface area contributed by atoms with E-state index in [9.17, 15) is 49.8 Å². The van der Waals surface area contributed by atoms with E-state index in [1.165, 1.54) is 34.8 Å². The van der Waals surface area contributed by atoms with E-state index in [-0.39, 0.29) is 47.2 Å². The summed E-state index contributed by atoms with van der Waals surface area (Å²) >= 11 is 1.24. The molecule has 348 valence electrons. The van der Waals surface area contributed by atoms with Crippen LogP contribution in [-0.2, 0) is 54.0 Å². The number of halogens is 4. The van der Waals surface area contributed by atoms with Crippen LogP contribution < -0.4 is 24.6 Å². The van der Waals surface area contributed by atoms with Crippen molar-refractivity contribution in [1.82, 2.24) is 19.4 Å². The predicted octanol–water partition coefficient (Wildman–Crippen LogP) is 4.12. The summed E-state index contributed by atoms with van der Waals surface area (Å²) in [5, 5.41) is 13.5. The number of hydrogen-bond acceptors (Lipinski definition) is 14. The Bertz CT molecular complexity index is 2650. The fraction of sp³-hybridized carbons (Fsp3) is 0.436. The van der Waals surface area contributed by atoms with Crippen molar-refractivity contribution in [1.29, 1.82) is 0 Å². The number of alkyl halides is 3. The molecule has 2 aromatic heterocycles. The lowest BCUT2D eigenvalue weighted by Crippen LogP contribution is -2.39. The number of benzene rings is 2. The maximum absolute atomic E-state index is 14.5. The zero-order chi connectivity index (χ0) is 47.9. The second-order valence-corrected chi connectivity index (χ2v) is 22.4. The Morgan fingerprint density at radius 3 is 2.41 bits per heavy atom. The average Bonchev–Trinajstić information content (AvgIpc) is 3.65. The molecule has 2 aromatic carbocycles. The van der Waals surface area contributed by atoms with Gasteiger partial charge in [0.15, 0.2) is 33.8 Å². The Hall–Kier alpha value is -4.89. The number of terminal acetylenes is 1. The van der Waals surface area contributed by atoms with Crippen molar-refractivity contribution < 1.29 is 69.1 Å². The van der Waals surface area contributed by atoms with Gasteiger partial charge in [0, 0.05) is 48.3 Å². The molecule has 0 radical (unpaired) electrons. The molecule has 64 heavy (non-hydrogen) atoms. The van der Waals surface area contributed by atoms with Crippen molar-refractivity contribution >= 4 is 68.9 Å². The number of amides is 1. The molecule has 1 aliphatic carbocycles. The number of carboxylic acid groups (broad SMARTS) is 1. The second-order valence-electron chi connectivity index (χ2n) is 15.7. The third-order valence-electron chi connectivity index (χ3n) is 8.77. The summed E-state index contributed by atoms with van der Waals surface area (Å²) in [5.41, 5.74) is -0.692. The first-order valence-electron chi connectivity index (χ1n) is 18.8. The predicted molar refractivity (Wildman–Crippen MR) is 228 cm³/mol. The molecule has 3 aliphatic rings. The monoisotopic (exact) mass is 976 g/mol. The normalized spacial score (nSPS) is 16.3. The molecule has 4 aromatic rings. The number of anilines is 1. The van der Waals surface area contributed by atoms with Crippen LogP contribution in [0.15, 0.2) is 50.9 Å². The molecule has 1 amide bonds. The summed E-state index contributed by atoms with van der Waals surface area (Å²) in [6.07, 6.45) is 10.9. The average molecular weight is 977 g/mol. The molecule has 1 unspecified atom stereocenters. The highest BCUT2D eigenvalue weighted by Crippen LogP contribution is 2.43. The number of aliphatic carboxylic acids is 1. The van der Waals surface area contributed by atoms with E-state index in [0.29, 0.717) is 45.0 Å². The van der Waals surface area contributed by atoms with Gasteiger partial charge in [-0.3, -0.25) is 24.6 Å². The highest BCUT2D eigenvalue weighted by atomic mass is 32.2. The Morgan fingerprint density at radius 1 is 1.19 bits per heavy atom. The summed E-state index contributed by atoms with van der Waals surface area (Å²) in [6.45, 7) is 4.57. The lowest BCUT2D eigenvalue weighted by molar-refractivity contribution is -0.193. The fourth-order valence-corrected chi connectivity index (χ4v) is 8.00. The zero-order valence-electron chi connectivity index (χ0n) is 35.3. The van der Waals surface area contributed by atoms with Crippen molar-refractivity contribution in [2.45, 2.75) is 56.6 Å². The van der Waals surface area contributed by atoms with E-state index in [1.807, 2.05) is 9.88 Å². The smallest absolute Gasteiger partial charge is 0.416 e. The second kappa shape index (κ2) is 21.0. The van der Waals surface area contributed by atoms with Crippen molar-refractivity contribution in [2.24, 2.45) is 10.4 Å². The van der Waals surface area contributed by atoms with Crippen molar-refractivity contribution in [2.75, 3.05) is 55.9 Å². The maximum atomic E-state index is 14.5. The van der Waals surface area contributed by atoms with Crippen LogP contribution in [0.1, 0.15) is 65.7 Å². The van der Waals surface area contributed by atoms with E-state index in [1.54, 1.807) is 0 Å². The van der Waals surface area contributed by atoms with Crippen LogP contribution in [0.25, 0.3) is 0 Å². The summed E-state index contributed by atoms with van der Waals surface area (Å²) in [4.78, 5) is 58.3.